The maximum Gasteiger partial charge on any atom is 0.297 e. The molecule has 186 valence electrons. The van der Waals surface area contributed by atoms with Gasteiger partial charge < -0.3 is 18.9 Å². The maximum absolute atomic E-state index is 12.8. The number of hydrogen-bond donors (Lipinski definition) is 0. The van der Waals surface area contributed by atoms with Crippen molar-refractivity contribution in [2.75, 3.05) is 26.8 Å². The van der Waals surface area contributed by atoms with E-state index in [0.717, 1.165) is 11.1 Å². The van der Waals surface area contributed by atoms with E-state index in [9.17, 15) is 16.8 Å². The van der Waals surface area contributed by atoms with Crippen LogP contribution in [0.15, 0.2) is 58.3 Å². The summed E-state index contributed by atoms with van der Waals surface area (Å²) in [6.45, 7) is 3.18. The predicted molar refractivity (Wildman–Crippen MR) is 118 cm³/mol. The second kappa shape index (κ2) is 10.4. The molecule has 4 atom stereocenters. The Kier molecular flexibility index (Phi) is 7.69. The molecular weight excluding hydrogens is 488 g/mol. The van der Waals surface area contributed by atoms with Crippen molar-refractivity contribution in [2.24, 2.45) is 0 Å². The van der Waals surface area contributed by atoms with E-state index in [1.165, 1.54) is 24.3 Å². The molecule has 0 spiro atoms. The molecule has 4 rings (SSSR count). The zero-order valence-corrected chi connectivity index (χ0v) is 20.3. The Hall–Kier alpha value is -1.90. The minimum absolute atomic E-state index is 0.0231. The van der Waals surface area contributed by atoms with Crippen molar-refractivity contribution in [2.45, 2.75) is 48.1 Å². The van der Waals surface area contributed by atoms with Gasteiger partial charge in [-0.15, -0.1) is 0 Å². The molecule has 2 aliphatic heterocycles. The van der Waals surface area contributed by atoms with E-state index in [2.05, 4.69) is 0 Å². The Labute approximate surface area is 198 Å². The SMILES string of the molecule is Cc1ccc(S(=O)(=O)O[C@@H]2COCO[C@@H]2[C@@H]2OCOC[C@H]2OS(=O)(=O)c2ccc(C)cc2)cc1. The average molecular weight is 515 g/mol. The highest BCUT2D eigenvalue weighted by Gasteiger charge is 2.45. The summed E-state index contributed by atoms with van der Waals surface area (Å²) < 4.78 is 84.0. The molecular formula is C22H26O10S2. The van der Waals surface area contributed by atoms with Crippen LogP contribution in [-0.2, 0) is 47.5 Å². The quantitative estimate of drug-likeness (QED) is 0.506. The van der Waals surface area contributed by atoms with Crippen LogP contribution in [0.1, 0.15) is 11.1 Å². The summed E-state index contributed by atoms with van der Waals surface area (Å²) >= 11 is 0. The van der Waals surface area contributed by atoms with Crippen LogP contribution < -0.4 is 0 Å². The lowest BCUT2D eigenvalue weighted by molar-refractivity contribution is -0.269. The monoisotopic (exact) mass is 514 g/mol. The molecule has 2 aromatic carbocycles. The second-order valence-electron chi connectivity index (χ2n) is 8.04. The molecule has 34 heavy (non-hydrogen) atoms. The summed E-state index contributed by atoms with van der Waals surface area (Å²) in [5, 5.41) is 0. The van der Waals surface area contributed by atoms with Gasteiger partial charge in [0, 0.05) is 0 Å². The summed E-state index contributed by atoms with van der Waals surface area (Å²) in [6, 6.07) is 12.4. The van der Waals surface area contributed by atoms with E-state index < -0.39 is 44.7 Å². The number of ether oxygens (including phenoxy) is 4. The van der Waals surface area contributed by atoms with E-state index in [1.54, 1.807) is 24.3 Å². The van der Waals surface area contributed by atoms with Crippen LogP contribution in [0, 0.1) is 13.8 Å². The van der Waals surface area contributed by atoms with Crippen LogP contribution >= 0.6 is 0 Å². The van der Waals surface area contributed by atoms with Gasteiger partial charge in [0.2, 0.25) is 0 Å². The van der Waals surface area contributed by atoms with Crippen molar-refractivity contribution in [3.63, 3.8) is 0 Å². The van der Waals surface area contributed by atoms with Crippen molar-refractivity contribution in [3.8, 4) is 0 Å². The standard InChI is InChI=1S/C22H26O10S2/c1-15-3-7-17(8-4-15)33(23,24)31-19-11-27-13-29-21(19)22-20(12-28-14-30-22)32-34(25,26)18-9-5-16(2)6-10-18/h3-10,19-22H,11-14H2,1-2H3/t19-,20-,21-,22+/m1/s1. The van der Waals surface area contributed by atoms with Crippen LogP contribution in [0.2, 0.25) is 0 Å². The van der Waals surface area contributed by atoms with Crippen molar-refractivity contribution < 1.29 is 44.1 Å². The molecule has 0 radical (unpaired) electrons. The van der Waals surface area contributed by atoms with Gasteiger partial charge in [-0.2, -0.15) is 16.8 Å². The zero-order valence-electron chi connectivity index (χ0n) is 18.7. The van der Waals surface area contributed by atoms with Gasteiger partial charge in [0.25, 0.3) is 20.2 Å². The molecule has 0 aromatic heterocycles. The normalized spacial score (nSPS) is 26.3. The van der Waals surface area contributed by atoms with Gasteiger partial charge in [0.1, 0.15) is 38.0 Å². The van der Waals surface area contributed by atoms with Crippen molar-refractivity contribution >= 4 is 20.2 Å². The first kappa shape index (κ1) is 25.2. The number of aryl methyl sites for hydroxylation is 2. The summed E-state index contributed by atoms with van der Waals surface area (Å²) in [5.74, 6) is 0. The molecule has 0 saturated carbocycles. The van der Waals surface area contributed by atoms with Crippen molar-refractivity contribution in [1.29, 1.82) is 0 Å². The van der Waals surface area contributed by atoms with E-state index in [4.69, 9.17) is 27.3 Å². The Bertz CT molecular complexity index is 1080. The first-order valence-corrected chi connectivity index (χ1v) is 13.4. The third-order valence-electron chi connectivity index (χ3n) is 5.43. The highest BCUT2D eigenvalue weighted by molar-refractivity contribution is 7.87. The zero-order chi connectivity index (χ0) is 24.3. The first-order chi connectivity index (χ1) is 16.2. The lowest BCUT2D eigenvalue weighted by Crippen LogP contribution is -2.57. The van der Waals surface area contributed by atoms with Gasteiger partial charge in [0.05, 0.1) is 23.0 Å². The third kappa shape index (κ3) is 5.83. The Morgan fingerprint density at radius 2 is 1.00 bits per heavy atom. The number of rotatable bonds is 7. The fourth-order valence-electron chi connectivity index (χ4n) is 3.61. The topological polar surface area (TPSA) is 124 Å². The molecule has 0 aliphatic carbocycles. The molecule has 0 unspecified atom stereocenters. The Balaban J connectivity index is 1.54. The smallest absolute Gasteiger partial charge is 0.297 e. The van der Waals surface area contributed by atoms with E-state index in [-0.39, 0.29) is 36.6 Å². The summed E-state index contributed by atoms with van der Waals surface area (Å²) in [6.07, 6.45) is -4.18. The fourth-order valence-corrected chi connectivity index (χ4v) is 5.75. The van der Waals surface area contributed by atoms with Crippen LogP contribution in [0.25, 0.3) is 0 Å². The molecule has 0 amide bonds. The molecule has 0 bridgehead atoms. The molecule has 0 N–H and O–H groups in total. The number of hydrogen-bond acceptors (Lipinski definition) is 10. The molecule has 2 aromatic rings. The summed E-state index contributed by atoms with van der Waals surface area (Å²) in [4.78, 5) is -0.0462. The fraction of sp³-hybridized carbons (Fsp3) is 0.455. The summed E-state index contributed by atoms with van der Waals surface area (Å²) in [7, 11) is -8.31. The highest BCUT2D eigenvalue weighted by Crippen LogP contribution is 2.28. The van der Waals surface area contributed by atoms with Crippen LogP contribution in [0.4, 0.5) is 0 Å². The Morgan fingerprint density at radius 3 is 1.35 bits per heavy atom. The molecule has 2 saturated heterocycles. The van der Waals surface area contributed by atoms with E-state index in [0.29, 0.717) is 0 Å². The predicted octanol–water partition coefficient (Wildman–Crippen LogP) is 1.90. The van der Waals surface area contributed by atoms with Gasteiger partial charge in [-0.25, -0.2) is 0 Å². The van der Waals surface area contributed by atoms with Crippen molar-refractivity contribution in [1.82, 2.24) is 0 Å². The second-order valence-corrected chi connectivity index (χ2v) is 11.2. The summed E-state index contributed by atoms with van der Waals surface area (Å²) in [5.41, 5.74) is 1.79. The van der Waals surface area contributed by atoms with Gasteiger partial charge in [-0.3, -0.25) is 8.37 Å². The van der Waals surface area contributed by atoms with Gasteiger partial charge in [-0.1, -0.05) is 35.4 Å². The lowest BCUT2D eigenvalue weighted by atomic mass is 10.0. The first-order valence-electron chi connectivity index (χ1n) is 10.5. The third-order valence-corrected chi connectivity index (χ3v) is 8.13. The van der Waals surface area contributed by atoms with Crippen molar-refractivity contribution in [3.05, 3.63) is 59.7 Å². The Morgan fingerprint density at radius 1 is 0.647 bits per heavy atom. The van der Waals surface area contributed by atoms with Gasteiger partial charge in [0.15, 0.2) is 0 Å². The lowest BCUT2D eigenvalue weighted by Gasteiger charge is -2.40. The minimum atomic E-state index is -4.15. The molecule has 2 fully saturated rings. The largest absolute Gasteiger partial charge is 0.353 e. The molecule has 10 nitrogen and oxygen atoms in total. The van der Waals surface area contributed by atoms with Gasteiger partial charge >= 0.3 is 0 Å². The molecule has 2 heterocycles. The van der Waals surface area contributed by atoms with Crippen LogP contribution in [0.3, 0.4) is 0 Å². The minimum Gasteiger partial charge on any atom is -0.353 e. The maximum atomic E-state index is 12.8. The highest BCUT2D eigenvalue weighted by atomic mass is 32.2. The van der Waals surface area contributed by atoms with Gasteiger partial charge in [-0.05, 0) is 38.1 Å². The van der Waals surface area contributed by atoms with Crippen LogP contribution in [-0.4, -0.2) is 68.1 Å². The molecule has 2 aliphatic rings. The van der Waals surface area contributed by atoms with E-state index >= 15 is 0 Å². The van der Waals surface area contributed by atoms with E-state index in [1.807, 2.05) is 13.8 Å². The van der Waals surface area contributed by atoms with Crippen LogP contribution in [0.5, 0.6) is 0 Å². The number of benzene rings is 2. The molecule has 12 heteroatoms. The average Bonchev–Trinajstić information content (AvgIpc) is 2.80.